The van der Waals surface area contributed by atoms with Crippen molar-refractivity contribution in [2.45, 2.75) is 19.0 Å². The number of nitrogens with zero attached hydrogens (tertiary/aromatic N) is 2. The van der Waals surface area contributed by atoms with Crippen molar-refractivity contribution in [3.05, 3.63) is 30.2 Å². The Hall–Kier alpha value is -1.91. The summed E-state index contributed by atoms with van der Waals surface area (Å²) in [5, 5.41) is 0.966. The van der Waals surface area contributed by atoms with Crippen LogP contribution in [0.25, 0.3) is 10.9 Å². The number of likely N-dealkylation sites (tertiary alicyclic amines) is 1. The van der Waals surface area contributed by atoms with Gasteiger partial charge in [0.15, 0.2) is 0 Å². The molecule has 0 atom stereocenters. The molecular weight excluding hydrogens is 233 g/mol. The minimum atomic E-state index is -0.769. The largest absolute Gasteiger partial charge is 0.360 e. The number of halogens is 1. The van der Waals surface area contributed by atoms with Gasteiger partial charge in [-0.2, -0.15) is 0 Å². The van der Waals surface area contributed by atoms with Gasteiger partial charge in [0, 0.05) is 24.7 Å². The molecule has 0 radical (unpaired) electrons. The lowest BCUT2D eigenvalue weighted by atomic mass is 10.1. The van der Waals surface area contributed by atoms with Crippen molar-refractivity contribution in [2.75, 3.05) is 13.1 Å². The highest BCUT2D eigenvalue weighted by atomic mass is 19.1. The number of hydrogen-bond donors (Lipinski definition) is 1. The first-order valence-electron chi connectivity index (χ1n) is 6.10. The summed E-state index contributed by atoms with van der Waals surface area (Å²) in [6.45, 7) is 0.958. The lowest BCUT2D eigenvalue weighted by Crippen LogP contribution is -2.39. The highest BCUT2D eigenvalue weighted by molar-refractivity contribution is 5.95. The molecule has 2 aromatic rings. The predicted molar refractivity (Wildman–Crippen MR) is 66.1 cm³/mol. The van der Waals surface area contributed by atoms with Crippen LogP contribution in [0.3, 0.4) is 0 Å². The van der Waals surface area contributed by atoms with E-state index in [0.717, 1.165) is 10.9 Å². The Bertz CT molecular complexity index is 572. The summed E-state index contributed by atoms with van der Waals surface area (Å²) in [7, 11) is 0. The van der Waals surface area contributed by atoms with Crippen molar-refractivity contribution in [1.29, 1.82) is 0 Å². The maximum absolute atomic E-state index is 13.0. The number of amides is 1. The van der Waals surface area contributed by atoms with Gasteiger partial charge in [-0.3, -0.25) is 4.79 Å². The third-order valence-electron chi connectivity index (χ3n) is 3.37. The van der Waals surface area contributed by atoms with Crippen molar-refractivity contribution >= 4 is 16.8 Å². The Balaban J connectivity index is 1.82. The maximum Gasteiger partial charge on any atom is 0.272 e. The smallest absolute Gasteiger partial charge is 0.272 e. The van der Waals surface area contributed by atoms with Gasteiger partial charge in [0.05, 0.1) is 11.7 Å². The molecule has 3 heterocycles. The molecule has 2 aromatic heterocycles. The SMILES string of the molecule is O=C(c1cc2cc[nH]c2cn1)N1CCC(F)CC1. The van der Waals surface area contributed by atoms with Crippen LogP contribution in [-0.2, 0) is 0 Å². The van der Waals surface area contributed by atoms with Gasteiger partial charge in [-0.15, -0.1) is 0 Å². The molecule has 0 saturated carbocycles. The molecule has 1 saturated heterocycles. The summed E-state index contributed by atoms with van der Waals surface area (Å²) in [6.07, 6.45) is 3.56. The highest BCUT2D eigenvalue weighted by Gasteiger charge is 2.24. The zero-order chi connectivity index (χ0) is 12.5. The second-order valence-electron chi connectivity index (χ2n) is 4.60. The van der Waals surface area contributed by atoms with Crippen molar-refractivity contribution in [3.8, 4) is 0 Å². The van der Waals surface area contributed by atoms with Crippen molar-refractivity contribution < 1.29 is 9.18 Å². The number of rotatable bonds is 1. The van der Waals surface area contributed by atoms with Crippen LogP contribution >= 0.6 is 0 Å². The molecule has 0 bridgehead atoms. The average Bonchev–Trinajstić information content (AvgIpc) is 2.86. The molecule has 0 aliphatic carbocycles. The number of piperidine rings is 1. The van der Waals surface area contributed by atoms with Crippen LogP contribution in [0.2, 0.25) is 0 Å². The Morgan fingerprint density at radius 2 is 2.22 bits per heavy atom. The lowest BCUT2D eigenvalue weighted by molar-refractivity contribution is 0.0661. The molecule has 1 amide bonds. The Morgan fingerprint density at radius 1 is 1.44 bits per heavy atom. The number of alkyl halides is 1. The van der Waals surface area contributed by atoms with Crippen LogP contribution in [0.4, 0.5) is 4.39 Å². The van der Waals surface area contributed by atoms with E-state index in [4.69, 9.17) is 0 Å². The molecule has 3 rings (SSSR count). The van der Waals surface area contributed by atoms with Gasteiger partial charge in [0.1, 0.15) is 11.9 Å². The van der Waals surface area contributed by atoms with Crippen molar-refractivity contribution in [2.24, 2.45) is 0 Å². The van der Waals surface area contributed by atoms with Gasteiger partial charge in [-0.1, -0.05) is 0 Å². The molecule has 5 heteroatoms. The number of aromatic amines is 1. The number of H-pyrrole nitrogens is 1. The van der Waals surface area contributed by atoms with Crippen LogP contribution in [-0.4, -0.2) is 40.0 Å². The van der Waals surface area contributed by atoms with Crippen LogP contribution < -0.4 is 0 Å². The number of hydrogen-bond acceptors (Lipinski definition) is 2. The minimum absolute atomic E-state index is 0.106. The fourth-order valence-corrected chi connectivity index (χ4v) is 2.28. The van der Waals surface area contributed by atoms with Gasteiger partial charge >= 0.3 is 0 Å². The molecule has 0 aromatic carbocycles. The van der Waals surface area contributed by atoms with Gasteiger partial charge in [-0.25, -0.2) is 9.37 Å². The number of carbonyl (C=O) groups excluding carboxylic acids is 1. The molecule has 18 heavy (non-hydrogen) atoms. The second kappa shape index (κ2) is 4.40. The van der Waals surface area contributed by atoms with Crippen LogP contribution in [0.1, 0.15) is 23.3 Å². The van der Waals surface area contributed by atoms with E-state index < -0.39 is 6.17 Å². The summed E-state index contributed by atoms with van der Waals surface area (Å²) in [6, 6.07) is 3.68. The Labute approximate surface area is 104 Å². The number of fused-ring (bicyclic) bond motifs is 1. The van der Waals surface area contributed by atoms with Crippen molar-refractivity contribution in [3.63, 3.8) is 0 Å². The number of nitrogens with one attached hydrogen (secondary N) is 1. The Kier molecular flexibility index (Phi) is 2.74. The first-order chi connectivity index (χ1) is 8.74. The standard InChI is InChI=1S/C13H14FN3O/c14-10-2-5-17(6-3-10)13(18)11-7-9-1-4-15-12(9)8-16-11/h1,4,7-8,10,15H,2-3,5-6H2. The fraction of sp³-hybridized carbons (Fsp3) is 0.385. The highest BCUT2D eigenvalue weighted by Crippen LogP contribution is 2.17. The van der Waals surface area contributed by atoms with E-state index in [9.17, 15) is 9.18 Å². The van der Waals surface area contributed by atoms with E-state index >= 15 is 0 Å². The first kappa shape index (κ1) is 11.2. The van der Waals surface area contributed by atoms with Crippen molar-refractivity contribution in [1.82, 2.24) is 14.9 Å². The van der Waals surface area contributed by atoms with Crippen LogP contribution in [0.15, 0.2) is 24.5 Å². The van der Waals surface area contributed by atoms with E-state index in [0.29, 0.717) is 31.6 Å². The topological polar surface area (TPSA) is 49.0 Å². The molecule has 1 aliphatic heterocycles. The summed E-state index contributed by atoms with van der Waals surface area (Å²) >= 11 is 0. The molecule has 1 aliphatic rings. The van der Waals surface area contributed by atoms with E-state index in [2.05, 4.69) is 9.97 Å². The minimum Gasteiger partial charge on any atom is -0.360 e. The fourth-order valence-electron chi connectivity index (χ4n) is 2.28. The summed E-state index contributed by atoms with van der Waals surface area (Å²) in [5.41, 5.74) is 1.34. The van der Waals surface area contributed by atoms with E-state index in [1.165, 1.54) is 0 Å². The van der Waals surface area contributed by atoms with E-state index in [-0.39, 0.29) is 5.91 Å². The zero-order valence-corrected chi connectivity index (χ0v) is 9.90. The maximum atomic E-state index is 13.0. The molecule has 0 spiro atoms. The quantitative estimate of drug-likeness (QED) is 0.839. The predicted octanol–water partition coefficient (Wildman–Crippen LogP) is 2.14. The number of aromatic nitrogens is 2. The normalized spacial score (nSPS) is 17.3. The van der Waals surface area contributed by atoms with Gasteiger partial charge in [0.25, 0.3) is 5.91 Å². The van der Waals surface area contributed by atoms with Crippen LogP contribution in [0, 0.1) is 0 Å². The van der Waals surface area contributed by atoms with E-state index in [1.54, 1.807) is 17.2 Å². The first-order valence-corrected chi connectivity index (χ1v) is 6.10. The number of pyridine rings is 1. The molecule has 94 valence electrons. The second-order valence-corrected chi connectivity index (χ2v) is 4.60. The molecule has 1 N–H and O–H groups in total. The zero-order valence-electron chi connectivity index (χ0n) is 9.90. The van der Waals surface area contributed by atoms with Gasteiger partial charge < -0.3 is 9.88 Å². The Morgan fingerprint density at radius 3 is 3.00 bits per heavy atom. The van der Waals surface area contributed by atoms with Gasteiger partial charge in [-0.05, 0) is 25.0 Å². The third kappa shape index (κ3) is 1.96. The average molecular weight is 247 g/mol. The number of carbonyl (C=O) groups is 1. The monoisotopic (exact) mass is 247 g/mol. The summed E-state index contributed by atoms with van der Waals surface area (Å²) in [5.74, 6) is -0.106. The van der Waals surface area contributed by atoms with E-state index in [1.807, 2.05) is 12.3 Å². The molecular formula is C13H14FN3O. The summed E-state index contributed by atoms with van der Waals surface area (Å²) < 4.78 is 13.0. The van der Waals surface area contributed by atoms with Gasteiger partial charge in [0.2, 0.25) is 0 Å². The lowest BCUT2D eigenvalue weighted by Gasteiger charge is -2.28. The molecule has 4 nitrogen and oxygen atoms in total. The van der Waals surface area contributed by atoms with Crippen LogP contribution in [0.5, 0.6) is 0 Å². The summed E-state index contributed by atoms with van der Waals surface area (Å²) in [4.78, 5) is 21.1. The molecule has 1 fully saturated rings. The molecule has 0 unspecified atom stereocenters. The third-order valence-corrected chi connectivity index (χ3v) is 3.37.